The Bertz CT molecular complexity index is 425. The SMILES string of the molecule is CO[P+](=O)OCCCCCOC1OC(CO)C(O)C(O)C1NC(C)=O. The number of carbonyl (C=O) groups is 1. The number of amides is 1. The highest BCUT2D eigenvalue weighted by Crippen LogP contribution is 2.23. The fraction of sp³-hybridized carbons (Fsp3) is 0.929. The molecule has 1 fully saturated rings. The van der Waals surface area contributed by atoms with Crippen molar-refractivity contribution in [2.75, 3.05) is 26.9 Å². The molecule has 10 nitrogen and oxygen atoms in total. The van der Waals surface area contributed by atoms with Crippen molar-refractivity contribution in [1.82, 2.24) is 5.32 Å². The van der Waals surface area contributed by atoms with E-state index in [0.29, 0.717) is 19.4 Å². The quantitative estimate of drug-likeness (QED) is 0.272. The Kier molecular flexibility index (Phi) is 10.6. The lowest BCUT2D eigenvalue weighted by Crippen LogP contribution is -2.64. The van der Waals surface area contributed by atoms with Gasteiger partial charge in [-0.1, -0.05) is 0 Å². The van der Waals surface area contributed by atoms with Crippen molar-refractivity contribution in [2.24, 2.45) is 0 Å². The highest BCUT2D eigenvalue weighted by molar-refractivity contribution is 7.33. The van der Waals surface area contributed by atoms with E-state index in [1.165, 1.54) is 14.0 Å². The minimum atomic E-state index is -2.06. The van der Waals surface area contributed by atoms with Crippen LogP contribution in [0.15, 0.2) is 0 Å². The first-order valence-electron chi connectivity index (χ1n) is 8.06. The number of nitrogens with one attached hydrogen (secondary N) is 1. The van der Waals surface area contributed by atoms with Crippen molar-refractivity contribution in [1.29, 1.82) is 0 Å². The molecule has 6 atom stereocenters. The Morgan fingerprint density at radius 3 is 2.48 bits per heavy atom. The summed E-state index contributed by atoms with van der Waals surface area (Å²) < 4.78 is 31.3. The first kappa shape index (κ1) is 22.3. The third kappa shape index (κ3) is 7.59. The lowest BCUT2D eigenvalue weighted by atomic mass is 9.97. The third-order valence-corrected chi connectivity index (χ3v) is 4.36. The minimum absolute atomic E-state index is 0.276. The zero-order valence-corrected chi connectivity index (χ0v) is 15.3. The van der Waals surface area contributed by atoms with Gasteiger partial charge in [0.1, 0.15) is 31.0 Å². The summed E-state index contributed by atoms with van der Waals surface area (Å²) >= 11 is 0. The van der Waals surface area contributed by atoms with E-state index in [9.17, 15) is 24.7 Å². The molecule has 0 saturated carbocycles. The van der Waals surface area contributed by atoms with Gasteiger partial charge in [-0.2, -0.15) is 0 Å². The summed E-state index contributed by atoms with van der Waals surface area (Å²) in [5.74, 6) is -0.402. The van der Waals surface area contributed by atoms with Crippen molar-refractivity contribution in [3.8, 4) is 0 Å². The minimum Gasteiger partial charge on any atom is -0.394 e. The van der Waals surface area contributed by atoms with Crippen LogP contribution in [-0.2, 0) is 27.9 Å². The van der Waals surface area contributed by atoms with Gasteiger partial charge in [0.15, 0.2) is 6.29 Å². The average molecular weight is 384 g/mol. The second-order valence-electron chi connectivity index (χ2n) is 5.60. The average Bonchev–Trinajstić information content (AvgIpc) is 2.59. The second-order valence-corrected chi connectivity index (χ2v) is 6.67. The highest BCUT2D eigenvalue weighted by atomic mass is 31.1. The van der Waals surface area contributed by atoms with E-state index in [0.717, 1.165) is 6.42 Å². The van der Waals surface area contributed by atoms with E-state index >= 15 is 0 Å². The van der Waals surface area contributed by atoms with Crippen LogP contribution in [0, 0.1) is 0 Å². The summed E-state index contributed by atoms with van der Waals surface area (Å²) in [6.45, 7) is 1.37. The van der Waals surface area contributed by atoms with Crippen molar-refractivity contribution in [3.05, 3.63) is 0 Å². The molecule has 25 heavy (non-hydrogen) atoms. The van der Waals surface area contributed by atoms with Gasteiger partial charge in [0.2, 0.25) is 5.91 Å². The molecule has 4 N–H and O–H groups in total. The maximum absolute atomic E-state index is 11.3. The molecule has 0 aromatic carbocycles. The summed E-state index contributed by atoms with van der Waals surface area (Å²) in [5.41, 5.74) is 0. The first-order valence-corrected chi connectivity index (χ1v) is 9.15. The highest BCUT2D eigenvalue weighted by Gasteiger charge is 2.45. The van der Waals surface area contributed by atoms with Gasteiger partial charge in [-0.25, -0.2) is 0 Å². The molecule has 0 aromatic rings. The van der Waals surface area contributed by atoms with E-state index in [1.54, 1.807) is 0 Å². The summed E-state index contributed by atoms with van der Waals surface area (Å²) in [7, 11) is -0.762. The van der Waals surface area contributed by atoms with Gasteiger partial charge < -0.3 is 30.1 Å². The molecule has 1 aliphatic rings. The molecule has 1 saturated heterocycles. The van der Waals surface area contributed by atoms with Crippen LogP contribution in [0.5, 0.6) is 0 Å². The zero-order valence-electron chi connectivity index (χ0n) is 14.4. The van der Waals surface area contributed by atoms with Gasteiger partial charge in [-0.3, -0.25) is 4.79 Å². The maximum atomic E-state index is 11.3. The number of aliphatic hydroxyl groups excluding tert-OH is 3. The Balaban J connectivity index is 2.39. The van der Waals surface area contributed by atoms with E-state index in [4.69, 9.17) is 14.0 Å². The van der Waals surface area contributed by atoms with Crippen LogP contribution < -0.4 is 5.32 Å². The van der Waals surface area contributed by atoms with Crippen LogP contribution in [0.2, 0.25) is 0 Å². The molecule has 0 aromatic heterocycles. The summed E-state index contributed by atoms with van der Waals surface area (Å²) in [6, 6.07) is -0.940. The number of hydrogen-bond acceptors (Lipinski definition) is 9. The molecule has 1 amide bonds. The molecule has 0 bridgehead atoms. The van der Waals surface area contributed by atoms with Crippen LogP contribution in [-0.4, -0.2) is 78.8 Å². The van der Waals surface area contributed by atoms with Gasteiger partial charge in [0.25, 0.3) is 0 Å². The molecule has 1 rings (SSSR count). The molecule has 0 spiro atoms. The van der Waals surface area contributed by atoms with E-state index < -0.39 is 51.4 Å². The van der Waals surface area contributed by atoms with Crippen LogP contribution >= 0.6 is 8.25 Å². The number of rotatable bonds is 11. The number of ether oxygens (including phenoxy) is 2. The van der Waals surface area contributed by atoms with Crippen molar-refractivity contribution in [2.45, 2.75) is 56.8 Å². The number of hydrogen-bond donors (Lipinski definition) is 4. The summed E-state index contributed by atoms with van der Waals surface area (Å²) in [6.07, 6.45) is -2.60. The molecule has 1 heterocycles. The third-order valence-electron chi connectivity index (χ3n) is 3.67. The van der Waals surface area contributed by atoms with E-state index in [2.05, 4.69) is 9.84 Å². The summed E-state index contributed by atoms with van der Waals surface area (Å²) in [5, 5.41) is 31.7. The van der Waals surface area contributed by atoms with Gasteiger partial charge in [-0.15, -0.1) is 9.05 Å². The van der Waals surface area contributed by atoms with Gasteiger partial charge in [-0.05, 0) is 19.3 Å². The number of carbonyl (C=O) groups excluding carboxylic acids is 1. The Labute approximate surface area is 147 Å². The predicted molar refractivity (Wildman–Crippen MR) is 85.7 cm³/mol. The zero-order chi connectivity index (χ0) is 18.8. The van der Waals surface area contributed by atoms with Crippen LogP contribution in [0.25, 0.3) is 0 Å². The van der Waals surface area contributed by atoms with Crippen molar-refractivity contribution < 1.29 is 43.2 Å². The maximum Gasteiger partial charge on any atom is 0.697 e. The number of aliphatic hydroxyl groups is 3. The molecule has 1 aliphatic heterocycles. The molecular weight excluding hydrogens is 357 g/mol. The van der Waals surface area contributed by atoms with Gasteiger partial charge in [0, 0.05) is 18.1 Å². The van der Waals surface area contributed by atoms with Gasteiger partial charge >= 0.3 is 8.25 Å². The van der Waals surface area contributed by atoms with E-state index in [-0.39, 0.29) is 6.61 Å². The van der Waals surface area contributed by atoms with Crippen molar-refractivity contribution >= 4 is 14.2 Å². The topological polar surface area (TPSA) is 144 Å². The Morgan fingerprint density at radius 2 is 1.88 bits per heavy atom. The molecule has 0 radical (unpaired) electrons. The predicted octanol–water partition coefficient (Wildman–Crippen LogP) is -0.563. The molecule has 146 valence electrons. The molecule has 6 unspecified atom stereocenters. The normalized spacial score (nSPS) is 30.1. The van der Waals surface area contributed by atoms with Crippen molar-refractivity contribution in [3.63, 3.8) is 0 Å². The molecule has 11 heteroatoms. The van der Waals surface area contributed by atoms with Crippen LogP contribution in [0.3, 0.4) is 0 Å². The fourth-order valence-electron chi connectivity index (χ4n) is 2.39. The monoisotopic (exact) mass is 384 g/mol. The van der Waals surface area contributed by atoms with Gasteiger partial charge in [0.05, 0.1) is 13.7 Å². The molecular formula is C14H27NO9P+. The Hall–Kier alpha value is -0.710. The lowest BCUT2D eigenvalue weighted by molar-refractivity contribution is -0.270. The second kappa shape index (κ2) is 11.8. The van der Waals surface area contributed by atoms with Crippen LogP contribution in [0.4, 0.5) is 0 Å². The number of unbranched alkanes of at least 4 members (excludes halogenated alkanes) is 2. The lowest BCUT2D eigenvalue weighted by Gasteiger charge is -2.42. The van der Waals surface area contributed by atoms with Crippen LogP contribution in [0.1, 0.15) is 26.2 Å². The first-order chi connectivity index (χ1) is 11.9. The largest absolute Gasteiger partial charge is 0.697 e. The Morgan fingerprint density at radius 1 is 1.20 bits per heavy atom. The molecule has 0 aliphatic carbocycles. The standard InChI is InChI=1S/C14H26NO9P/c1-9(17)15-11-13(19)12(18)10(8-16)24-14(11)22-6-4-3-5-7-23-25(20)21-2/h10-14,16,18-19H,3-8H2,1-2H3/p+1. The van der Waals surface area contributed by atoms with E-state index in [1.807, 2.05) is 0 Å². The smallest absolute Gasteiger partial charge is 0.394 e. The summed E-state index contributed by atoms with van der Waals surface area (Å²) in [4.78, 5) is 11.3. The fourth-order valence-corrected chi connectivity index (χ4v) is 2.77.